The SMILES string of the molecule is CC1(CN)COC(c2nc(-c3ccc(F)cc3)c(-c3ccnc(NCC([NH])=O)n3)[nH]2)OC1. The molecule has 1 amide bonds. The number of aromatic amines is 1. The van der Waals surface area contributed by atoms with Crippen LogP contribution in [0.2, 0.25) is 0 Å². The highest BCUT2D eigenvalue weighted by atomic mass is 19.1. The van der Waals surface area contributed by atoms with Crippen LogP contribution in [0.3, 0.4) is 0 Å². The van der Waals surface area contributed by atoms with Crippen LogP contribution in [0.25, 0.3) is 22.6 Å². The number of carbonyl (C=O) groups excluding carboxylic acids is 1. The van der Waals surface area contributed by atoms with Crippen molar-refractivity contribution < 1.29 is 18.7 Å². The zero-order chi connectivity index (χ0) is 22.7. The third-order valence-electron chi connectivity index (χ3n) is 5.04. The highest BCUT2D eigenvalue weighted by molar-refractivity contribution is 5.78. The first-order chi connectivity index (χ1) is 15.4. The summed E-state index contributed by atoms with van der Waals surface area (Å²) in [6.45, 7) is 3.03. The molecule has 0 atom stereocenters. The third kappa shape index (κ3) is 4.74. The van der Waals surface area contributed by atoms with E-state index in [-0.39, 0.29) is 23.7 Å². The second-order valence-electron chi connectivity index (χ2n) is 7.86. The minimum atomic E-state index is -0.786. The lowest BCUT2D eigenvalue weighted by molar-refractivity contribution is -0.231. The number of aromatic nitrogens is 4. The summed E-state index contributed by atoms with van der Waals surface area (Å²) in [4.78, 5) is 27.3. The average molecular weight is 440 g/mol. The van der Waals surface area contributed by atoms with E-state index in [1.807, 2.05) is 6.92 Å². The Morgan fingerprint density at radius 2 is 2.00 bits per heavy atom. The number of amides is 1. The molecule has 1 saturated heterocycles. The Labute approximate surface area is 183 Å². The van der Waals surface area contributed by atoms with Gasteiger partial charge in [0.15, 0.2) is 5.82 Å². The minimum absolute atomic E-state index is 0.188. The van der Waals surface area contributed by atoms with E-state index in [0.717, 1.165) is 0 Å². The fourth-order valence-electron chi connectivity index (χ4n) is 3.17. The highest BCUT2D eigenvalue weighted by Gasteiger charge is 2.34. The van der Waals surface area contributed by atoms with Crippen molar-refractivity contribution >= 4 is 11.9 Å². The standard InChI is InChI=1S/C21H23FN7O3/c1-21(9-23)10-31-19(32-11-21)18-28-16(12-2-4-13(22)5-3-12)17(29-18)14-6-7-25-20(27-14)26-8-15(24)30/h2-7,19,24H,8-11,23H2,1H3,(H,28,29)(H,25,26,27). The minimum Gasteiger partial charge on any atom is -0.345 e. The van der Waals surface area contributed by atoms with E-state index in [1.54, 1.807) is 18.2 Å². The maximum absolute atomic E-state index is 13.5. The molecule has 32 heavy (non-hydrogen) atoms. The zero-order valence-corrected chi connectivity index (χ0v) is 17.4. The van der Waals surface area contributed by atoms with Crippen molar-refractivity contribution in [2.75, 3.05) is 31.6 Å². The topological polar surface area (TPSA) is 152 Å². The molecule has 3 heterocycles. The summed E-state index contributed by atoms with van der Waals surface area (Å²) in [5.41, 5.74) is 14.8. The van der Waals surface area contributed by atoms with Gasteiger partial charge in [-0.3, -0.25) is 10.5 Å². The number of hydrogen-bond acceptors (Lipinski definition) is 8. The van der Waals surface area contributed by atoms with Gasteiger partial charge in [0.25, 0.3) is 5.91 Å². The molecule has 10 nitrogen and oxygen atoms in total. The maximum atomic E-state index is 13.5. The number of nitrogens with one attached hydrogen (secondary N) is 3. The van der Waals surface area contributed by atoms with E-state index >= 15 is 0 Å². The van der Waals surface area contributed by atoms with Gasteiger partial charge in [0.2, 0.25) is 12.2 Å². The van der Waals surface area contributed by atoms with E-state index in [0.29, 0.717) is 48.2 Å². The van der Waals surface area contributed by atoms with Crippen LogP contribution in [-0.4, -0.2) is 52.1 Å². The summed E-state index contributed by atoms with van der Waals surface area (Å²) in [5.74, 6) is -0.522. The number of H-pyrrole nitrogens is 1. The molecule has 1 aliphatic rings. The quantitative estimate of drug-likeness (QED) is 0.504. The van der Waals surface area contributed by atoms with Gasteiger partial charge < -0.3 is 25.5 Å². The van der Waals surface area contributed by atoms with Gasteiger partial charge in [0.05, 0.1) is 36.8 Å². The predicted octanol–water partition coefficient (Wildman–Crippen LogP) is 1.90. The normalized spacial score (nSPS) is 20.8. The van der Waals surface area contributed by atoms with Crippen LogP contribution < -0.4 is 16.8 Å². The summed E-state index contributed by atoms with van der Waals surface area (Å²) in [6, 6.07) is 7.60. The molecule has 0 aliphatic carbocycles. The summed E-state index contributed by atoms with van der Waals surface area (Å²) in [5, 5.41) is 2.70. The summed E-state index contributed by atoms with van der Waals surface area (Å²) < 4.78 is 25.2. The monoisotopic (exact) mass is 440 g/mol. The fraction of sp³-hybridized carbons (Fsp3) is 0.333. The molecule has 5 N–H and O–H groups in total. The van der Waals surface area contributed by atoms with Crippen LogP contribution >= 0.6 is 0 Å². The highest BCUT2D eigenvalue weighted by Crippen LogP contribution is 2.35. The second-order valence-corrected chi connectivity index (χ2v) is 7.86. The van der Waals surface area contributed by atoms with Crippen molar-refractivity contribution in [1.82, 2.24) is 25.7 Å². The van der Waals surface area contributed by atoms with Crippen LogP contribution in [-0.2, 0) is 14.3 Å². The Balaban J connectivity index is 1.70. The fourth-order valence-corrected chi connectivity index (χ4v) is 3.17. The van der Waals surface area contributed by atoms with Gasteiger partial charge in [0.1, 0.15) is 5.82 Å². The molecular weight excluding hydrogens is 417 g/mol. The number of halogens is 1. The number of carbonyl (C=O) groups is 1. The van der Waals surface area contributed by atoms with Crippen molar-refractivity contribution in [2.24, 2.45) is 11.1 Å². The smallest absolute Gasteiger partial charge is 0.257 e. The molecule has 0 unspecified atom stereocenters. The molecule has 1 aliphatic heterocycles. The molecule has 1 fully saturated rings. The Morgan fingerprint density at radius 1 is 1.28 bits per heavy atom. The molecule has 1 aromatic carbocycles. The molecular formula is C21H23FN7O3. The van der Waals surface area contributed by atoms with E-state index in [4.69, 9.17) is 20.9 Å². The Kier molecular flexibility index (Phi) is 6.12. The number of imidazole rings is 1. The molecule has 167 valence electrons. The van der Waals surface area contributed by atoms with Gasteiger partial charge in [-0.1, -0.05) is 6.92 Å². The van der Waals surface area contributed by atoms with E-state index in [2.05, 4.69) is 25.3 Å². The van der Waals surface area contributed by atoms with E-state index < -0.39 is 12.2 Å². The van der Waals surface area contributed by atoms with Crippen LogP contribution in [0.15, 0.2) is 36.5 Å². The lowest BCUT2D eigenvalue weighted by Crippen LogP contribution is -2.42. The lowest BCUT2D eigenvalue weighted by Gasteiger charge is -2.35. The molecule has 3 aromatic rings. The Morgan fingerprint density at radius 3 is 2.66 bits per heavy atom. The van der Waals surface area contributed by atoms with E-state index in [9.17, 15) is 9.18 Å². The number of ether oxygens (including phenoxy) is 2. The second kappa shape index (κ2) is 8.99. The zero-order valence-electron chi connectivity index (χ0n) is 17.4. The van der Waals surface area contributed by atoms with Gasteiger partial charge in [-0.05, 0) is 30.3 Å². The number of nitrogens with two attached hydrogens (primary N) is 1. The van der Waals surface area contributed by atoms with Gasteiger partial charge in [-0.25, -0.2) is 19.3 Å². The van der Waals surface area contributed by atoms with Crippen LogP contribution in [0.4, 0.5) is 10.3 Å². The largest absolute Gasteiger partial charge is 0.345 e. The van der Waals surface area contributed by atoms with Crippen LogP contribution in [0, 0.1) is 11.2 Å². The van der Waals surface area contributed by atoms with Gasteiger partial charge >= 0.3 is 0 Å². The molecule has 11 heteroatoms. The number of anilines is 1. The Hall–Kier alpha value is -3.41. The van der Waals surface area contributed by atoms with Crippen molar-refractivity contribution in [2.45, 2.75) is 13.2 Å². The number of nitrogens with zero attached hydrogens (tertiary/aromatic N) is 3. The summed E-state index contributed by atoms with van der Waals surface area (Å²) in [6.07, 6.45) is 0.803. The molecule has 0 bridgehead atoms. The van der Waals surface area contributed by atoms with Gasteiger partial charge in [-0.15, -0.1) is 0 Å². The van der Waals surface area contributed by atoms with Gasteiger partial charge in [0, 0.05) is 23.7 Å². The molecule has 4 rings (SSSR count). The van der Waals surface area contributed by atoms with Crippen molar-refractivity contribution in [3.8, 4) is 22.6 Å². The summed E-state index contributed by atoms with van der Waals surface area (Å²) in [7, 11) is 0. The average Bonchev–Trinajstić information content (AvgIpc) is 3.24. The predicted molar refractivity (Wildman–Crippen MR) is 113 cm³/mol. The first-order valence-corrected chi connectivity index (χ1v) is 9.98. The van der Waals surface area contributed by atoms with Crippen LogP contribution in [0.5, 0.6) is 0 Å². The first-order valence-electron chi connectivity index (χ1n) is 9.98. The molecule has 0 saturated carbocycles. The third-order valence-corrected chi connectivity index (χ3v) is 5.04. The van der Waals surface area contributed by atoms with Crippen molar-refractivity contribution in [1.29, 1.82) is 0 Å². The molecule has 0 spiro atoms. The molecule has 2 aromatic heterocycles. The summed E-state index contributed by atoms with van der Waals surface area (Å²) >= 11 is 0. The van der Waals surface area contributed by atoms with E-state index in [1.165, 1.54) is 18.3 Å². The first kappa shape index (κ1) is 21.8. The van der Waals surface area contributed by atoms with Gasteiger partial charge in [-0.2, -0.15) is 0 Å². The number of hydrogen-bond donors (Lipinski definition) is 3. The lowest BCUT2D eigenvalue weighted by atomic mass is 9.93. The van der Waals surface area contributed by atoms with Crippen molar-refractivity contribution in [3.05, 3.63) is 48.2 Å². The maximum Gasteiger partial charge on any atom is 0.257 e. The molecule has 1 radical (unpaired) electrons. The number of benzene rings is 1. The number of rotatable bonds is 7. The Bertz CT molecular complexity index is 1100. The van der Waals surface area contributed by atoms with Crippen LogP contribution in [0.1, 0.15) is 19.0 Å². The van der Waals surface area contributed by atoms with Crippen molar-refractivity contribution in [3.63, 3.8) is 0 Å².